The van der Waals surface area contributed by atoms with Crippen molar-refractivity contribution in [2.75, 3.05) is 7.11 Å². The Morgan fingerprint density at radius 1 is 1.14 bits per heavy atom. The van der Waals surface area contributed by atoms with Gasteiger partial charge in [-0.2, -0.15) is 0 Å². The molecule has 5 heteroatoms. The molecule has 0 saturated heterocycles. The number of benzene rings is 1. The van der Waals surface area contributed by atoms with Crippen molar-refractivity contribution in [1.29, 1.82) is 0 Å². The largest absolute Gasteiger partial charge is 0.497 e. The van der Waals surface area contributed by atoms with Gasteiger partial charge in [-0.05, 0) is 42.5 Å². The molecule has 0 saturated carbocycles. The highest BCUT2D eigenvalue weighted by atomic mass is 16.5. The summed E-state index contributed by atoms with van der Waals surface area (Å²) in [6.45, 7) is 0. The SMILES string of the molecule is COc1ccc2c(c1)[C@@]1(C(=O)O)CC=CC[C@]1(C(=O)O)C2. The molecule has 0 fully saturated rings. The summed E-state index contributed by atoms with van der Waals surface area (Å²) >= 11 is 0. The Kier molecular flexibility index (Phi) is 2.83. The Labute approximate surface area is 121 Å². The first-order valence-electron chi connectivity index (χ1n) is 6.77. The predicted octanol–water partition coefficient (Wildman–Crippen LogP) is 1.99. The highest BCUT2D eigenvalue weighted by Crippen LogP contribution is 2.58. The second-order valence-corrected chi connectivity index (χ2v) is 5.68. The van der Waals surface area contributed by atoms with E-state index in [0.717, 1.165) is 5.56 Å². The van der Waals surface area contributed by atoms with E-state index in [9.17, 15) is 19.8 Å². The van der Waals surface area contributed by atoms with E-state index in [2.05, 4.69) is 0 Å². The molecule has 110 valence electrons. The molecule has 0 heterocycles. The number of methoxy groups -OCH3 is 1. The maximum Gasteiger partial charge on any atom is 0.315 e. The molecule has 0 aliphatic heterocycles. The normalized spacial score (nSPS) is 29.6. The van der Waals surface area contributed by atoms with Gasteiger partial charge in [-0.3, -0.25) is 9.59 Å². The van der Waals surface area contributed by atoms with Crippen molar-refractivity contribution in [1.82, 2.24) is 0 Å². The number of carboxylic acids is 2. The van der Waals surface area contributed by atoms with Gasteiger partial charge in [0.05, 0.1) is 12.5 Å². The lowest BCUT2D eigenvalue weighted by Crippen LogP contribution is -2.54. The van der Waals surface area contributed by atoms with Crippen LogP contribution in [0, 0.1) is 5.41 Å². The summed E-state index contributed by atoms with van der Waals surface area (Å²) in [5.74, 6) is -1.59. The van der Waals surface area contributed by atoms with Crippen molar-refractivity contribution >= 4 is 11.9 Å². The van der Waals surface area contributed by atoms with Gasteiger partial charge in [0.25, 0.3) is 0 Å². The molecule has 2 N–H and O–H groups in total. The molecule has 3 rings (SSSR count). The molecular formula is C16H16O5. The van der Waals surface area contributed by atoms with Gasteiger partial charge in [-0.1, -0.05) is 18.2 Å². The van der Waals surface area contributed by atoms with Crippen LogP contribution in [0.5, 0.6) is 5.75 Å². The Hall–Kier alpha value is -2.30. The van der Waals surface area contributed by atoms with E-state index < -0.39 is 22.8 Å². The molecule has 5 nitrogen and oxygen atoms in total. The van der Waals surface area contributed by atoms with Crippen LogP contribution < -0.4 is 4.74 Å². The predicted molar refractivity (Wildman–Crippen MR) is 74.5 cm³/mol. The summed E-state index contributed by atoms with van der Waals surface area (Å²) in [6, 6.07) is 5.20. The van der Waals surface area contributed by atoms with Gasteiger partial charge in [-0.25, -0.2) is 0 Å². The number of hydrogen-bond donors (Lipinski definition) is 2. The maximum atomic E-state index is 12.1. The van der Waals surface area contributed by atoms with Gasteiger partial charge < -0.3 is 14.9 Å². The Balaban J connectivity index is 2.32. The third-order valence-electron chi connectivity index (χ3n) is 4.92. The molecule has 1 aromatic rings. The van der Waals surface area contributed by atoms with Gasteiger partial charge in [0.1, 0.15) is 11.2 Å². The molecule has 0 spiro atoms. The molecule has 2 aliphatic rings. The van der Waals surface area contributed by atoms with Crippen LogP contribution in [0.4, 0.5) is 0 Å². The van der Waals surface area contributed by atoms with E-state index in [1.807, 2.05) is 0 Å². The molecule has 0 aromatic heterocycles. The summed E-state index contributed by atoms with van der Waals surface area (Å²) in [5.41, 5.74) is -1.38. The first-order chi connectivity index (χ1) is 9.98. The smallest absolute Gasteiger partial charge is 0.315 e. The quantitative estimate of drug-likeness (QED) is 0.831. The van der Waals surface area contributed by atoms with Crippen molar-refractivity contribution in [3.8, 4) is 5.75 Å². The third-order valence-corrected chi connectivity index (χ3v) is 4.92. The molecule has 0 unspecified atom stereocenters. The minimum absolute atomic E-state index is 0.189. The molecule has 0 bridgehead atoms. The van der Waals surface area contributed by atoms with Crippen LogP contribution in [-0.4, -0.2) is 29.3 Å². The average Bonchev–Trinajstić information content (AvgIpc) is 2.79. The zero-order valence-corrected chi connectivity index (χ0v) is 11.6. The fourth-order valence-corrected chi connectivity index (χ4v) is 3.82. The lowest BCUT2D eigenvalue weighted by atomic mass is 9.58. The molecule has 0 amide bonds. The van der Waals surface area contributed by atoms with Crippen molar-refractivity contribution in [3.63, 3.8) is 0 Å². The Morgan fingerprint density at radius 2 is 1.86 bits per heavy atom. The lowest BCUT2D eigenvalue weighted by molar-refractivity contribution is -0.165. The monoisotopic (exact) mass is 288 g/mol. The zero-order valence-electron chi connectivity index (χ0n) is 11.6. The topological polar surface area (TPSA) is 83.8 Å². The van der Waals surface area contributed by atoms with E-state index in [-0.39, 0.29) is 19.3 Å². The van der Waals surface area contributed by atoms with E-state index in [4.69, 9.17) is 4.74 Å². The van der Waals surface area contributed by atoms with E-state index in [1.54, 1.807) is 30.4 Å². The number of allylic oxidation sites excluding steroid dienone is 2. The van der Waals surface area contributed by atoms with Gasteiger partial charge in [0, 0.05) is 0 Å². The minimum Gasteiger partial charge on any atom is -0.497 e. The molecular weight excluding hydrogens is 272 g/mol. The van der Waals surface area contributed by atoms with Gasteiger partial charge in [-0.15, -0.1) is 0 Å². The number of carbonyl (C=O) groups is 2. The molecule has 21 heavy (non-hydrogen) atoms. The van der Waals surface area contributed by atoms with Gasteiger partial charge >= 0.3 is 11.9 Å². The van der Waals surface area contributed by atoms with Crippen LogP contribution in [-0.2, 0) is 21.4 Å². The van der Waals surface area contributed by atoms with Crippen molar-refractivity contribution in [2.24, 2.45) is 5.41 Å². The van der Waals surface area contributed by atoms with Gasteiger partial charge in [0.15, 0.2) is 0 Å². The molecule has 0 radical (unpaired) electrons. The summed E-state index contributed by atoms with van der Waals surface area (Å²) in [6.07, 6.45) is 4.20. The van der Waals surface area contributed by atoms with E-state index in [0.29, 0.717) is 11.3 Å². The second kappa shape index (κ2) is 4.35. The van der Waals surface area contributed by atoms with Crippen LogP contribution >= 0.6 is 0 Å². The molecule has 2 atom stereocenters. The highest BCUT2D eigenvalue weighted by molar-refractivity contribution is 5.95. The number of aliphatic carboxylic acids is 2. The van der Waals surface area contributed by atoms with Crippen molar-refractivity contribution < 1.29 is 24.5 Å². The summed E-state index contributed by atoms with van der Waals surface area (Å²) in [5, 5.41) is 19.7. The standard InChI is InChI=1S/C16H16O5/c1-21-11-5-4-10-9-15(13(17)18)6-2-3-7-16(15,14(19)20)12(10)8-11/h2-5,8H,6-7,9H2,1H3,(H,17,18)(H,19,20)/t15-,16-/m1/s1. The van der Waals surface area contributed by atoms with Crippen molar-refractivity contribution in [3.05, 3.63) is 41.5 Å². The zero-order chi connectivity index (χ0) is 15.3. The van der Waals surface area contributed by atoms with Crippen molar-refractivity contribution in [2.45, 2.75) is 24.7 Å². The Morgan fingerprint density at radius 3 is 2.48 bits per heavy atom. The minimum atomic E-state index is -1.42. The van der Waals surface area contributed by atoms with Crippen LogP contribution in [0.2, 0.25) is 0 Å². The number of rotatable bonds is 3. The molecule has 2 aliphatic carbocycles. The average molecular weight is 288 g/mol. The van der Waals surface area contributed by atoms with E-state index in [1.165, 1.54) is 7.11 Å². The number of fused-ring (bicyclic) bond motifs is 3. The maximum absolute atomic E-state index is 12.1. The van der Waals surface area contributed by atoms with Crippen LogP contribution in [0.1, 0.15) is 24.0 Å². The first kappa shape index (κ1) is 13.7. The van der Waals surface area contributed by atoms with Crippen LogP contribution in [0.3, 0.4) is 0 Å². The fraction of sp³-hybridized carbons (Fsp3) is 0.375. The highest BCUT2D eigenvalue weighted by Gasteiger charge is 2.66. The third kappa shape index (κ3) is 1.51. The summed E-state index contributed by atoms with van der Waals surface area (Å²) in [7, 11) is 1.51. The summed E-state index contributed by atoms with van der Waals surface area (Å²) < 4.78 is 5.18. The number of ether oxygens (including phenoxy) is 1. The number of carboxylic acid groups (broad SMARTS) is 2. The van der Waals surface area contributed by atoms with Crippen LogP contribution in [0.25, 0.3) is 0 Å². The molecule has 1 aromatic carbocycles. The van der Waals surface area contributed by atoms with Crippen LogP contribution in [0.15, 0.2) is 30.4 Å². The summed E-state index contributed by atoms with van der Waals surface area (Å²) in [4.78, 5) is 24.1. The van der Waals surface area contributed by atoms with Gasteiger partial charge in [0.2, 0.25) is 0 Å². The Bertz CT molecular complexity index is 663. The fourth-order valence-electron chi connectivity index (χ4n) is 3.82. The first-order valence-corrected chi connectivity index (χ1v) is 6.77. The number of hydrogen-bond acceptors (Lipinski definition) is 3. The van der Waals surface area contributed by atoms with E-state index >= 15 is 0 Å². The second-order valence-electron chi connectivity index (χ2n) is 5.68. The lowest BCUT2D eigenvalue weighted by Gasteiger charge is -2.41.